The molecule has 0 saturated carbocycles. The fraction of sp³-hybridized carbons (Fsp3) is 0.0444. The van der Waals surface area contributed by atoms with Gasteiger partial charge in [-0.1, -0.05) is 97.1 Å². The minimum absolute atomic E-state index is 0.854. The Bertz CT molecular complexity index is 2810. The molecule has 4 aromatic heterocycles. The second-order valence-corrected chi connectivity index (χ2v) is 13.6. The van der Waals surface area contributed by atoms with Crippen LogP contribution >= 0.6 is 11.3 Å². The maximum atomic E-state index is 4.18. The smallest absolute Gasteiger partial charge is 0.0764 e. The van der Waals surface area contributed by atoms with Crippen LogP contribution in [-0.2, 0) is 13.5 Å². The molecule has 0 amide bonds. The molecular weight excluding hydrogens is 629 g/mol. The Morgan fingerprint density at radius 1 is 0.540 bits per heavy atom. The van der Waals surface area contributed by atoms with Gasteiger partial charge >= 0.3 is 0 Å². The first-order chi connectivity index (χ1) is 24.7. The summed E-state index contributed by atoms with van der Waals surface area (Å²) in [4.78, 5) is 5.44. The highest BCUT2D eigenvalue weighted by Gasteiger charge is 2.17. The van der Waals surface area contributed by atoms with E-state index in [1.165, 1.54) is 76.3 Å². The van der Waals surface area contributed by atoms with E-state index in [1.807, 2.05) is 6.07 Å². The van der Waals surface area contributed by atoms with E-state index in [1.54, 1.807) is 11.3 Å². The molecule has 0 spiro atoms. The summed E-state index contributed by atoms with van der Waals surface area (Å²) < 4.78 is 6.95. The van der Waals surface area contributed by atoms with Crippen molar-refractivity contribution in [3.05, 3.63) is 174 Å². The molecule has 0 radical (unpaired) electrons. The molecule has 0 saturated heterocycles. The molecule has 0 fully saturated rings. The summed E-state index contributed by atoms with van der Waals surface area (Å²) in [6.45, 7) is 3.72. The van der Waals surface area contributed by atoms with Gasteiger partial charge in [0.2, 0.25) is 0 Å². The van der Waals surface area contributed by atoms with Crippen LogP contribution in [0.4, 0.5) is 5.69 Å². The SMILES string of the molecule is C=Nc1ccsc1Cc1cccc2c3ccccc3n(-c3ccccc3)c12.Cn1c2ccccc2c2ccc3c(ccn3-c3ccccc3)c21. The molecule has 0 aliphatic heterocycles. The van der Waals surface area contributed by atoms with Crippen molar-refractivity contribution in [3.8, 4) is 11.4 Å². The molecule has 4 nitrogen and oxygen atoms in total. The normalized spacial score (nSPS) is 11.5. The van der Waals surface area contributed by atoms with Crippen LogP contribution in [0.2, 0.25) is 0 Å². The third-order valence-corrected chi connectivity index (χ3v) is 10.7. The summed E-state index contributed by atoms with van der Waals surface area (Å²) >= 11 is 1.74. The van der Waals surface area contributed by atoms with Gasteiger partial charge in [-0.2, -0.15) is 0 Å². The van der Waals surface area contributed by atoms with Gasteiger partial charge in [0.25, 0.3) is 0 Å². The van der Waals surface area contributed by atoms with Crippen LogP contribution in [0.5, 0.6) is 0 Å². The summed E-state index contributed by atoms with van der Waals surface area (Å²) in [6.07, 6.45) is 3.02. The molecule has 10 rings (SSSR count). The van der Waals surface area contributed by atoms with Crippen molar-refractivity contribution < 1.29 is 0 Å². The third-order valence-electron chi connectivity index (χ3n) is 9.81. The molecule has 240 valence electrons. The lowest BCUT2D eigenvalue weighted by Crippen LogP contribution is -1.97. The number of fused-ring (bicyclic) bond motifs is 8. The molecule has 0 N–H and O–H groups in total. The Labute approximate surface area is 294 Å². The van der Waals surface area contributed by atoms with Crippen LogP contribution in [0, 0.1) is 0 Å². The minimum Gasteiger partial charge on any atom is -0.343 e. The molecule has 50 heavy (non-hydrogen) atoms. The van der Waals surface area contributed by atoms with Crippen LogP contribution in [0.1, 0.15) is 10.4 Å². The number of hydrogen-bond donors (Lipinski definition) is 0. The highest BCUT2D eigenvalue weighted by atomic mass is 32.1. The highest BCUT2D eigenvalue weighted by molar-refractivity contribution is 7.10. The predicted octanol–water partition coefficient (Wildman–Crippen LogP) is 12.0. The first-order valence-corrected chi connectivity index (χ1v) is 17.7. The minimum atomic E-state index is 0.854. The number of aryl methyl sites for hydroxylation is 1. The highest BCUT2D eigenvalue weighted by Crippen LogP contribution is 2.37. The summed E-state index contributed by atoms with van der Waals surface area (Å²) in [7, 11) is 2.16. The first kappa shape index (κ1) is 29.9. The maximum Gasteiger partial charge on any atom is 0.0764 e. The number of aromatic nitrogens is 3. The summed E-state index contributed by atoms with van der Waals surface area (Å²) in [5.41, 5.74) is 11.0. The van der Waals surface area contributed by atoms with Crippen molar-refractivity contribution in [2.75, 3.05) is 0 Å². The standard InChI is InChI=1S/C24H18N2S.C21H16N2/c1-25-21-14-15-27-23(21)16-17-8-7-12-20-19-11-5-6-13-22(19)26(24(17)20)18-9-3-2-4-10-18;1-22-19-10-6-5-9-16(19)17-11-12-20-18(21(17)22)13-14-23(20)15-7-3-2-4-8-15/h2-15H,1,16H2;2-14H,1H3. The van der Waals surface area contributed by atoms with Gasteiger partial charge in [-0.15, -0.1) is 11.3 Å². The van der Waals surface area contributed by atoms with E-state index in [2.05, 4.69) is 190 Å². The number of para-hydroxylation sites is 5. The molecule has 6 aromatic carbocycles. The zero-order valence-electron chi connectivity index (χ0n) is 27.7. The van der Waals surface area contributed by atoms with Crippen LogP contribution in [0.3, 0.4) is 0 Å². The molecule has 10 aromatic rings. The number of rotatable bonds is 5. The average Bonchev–Trinajstić information content (AvgIpc) is 3.96. The molecule has 0 unspecified atom stereocenters. The van der Waals surface area contributed by atoms with Crippen molar-refractivity contribution in [2.24, 2.45) is 12.0 Å². The Morgan fingerprint density at radius 2 is 1.18 bits per heavy atom. The zero-order chi connectivity index (χ0) is 33.6. The molecular formula is C45H34N4S. The zero-order valence-corrected chi connectivity index (χ0v) is 28.5. The lowest BCUT2D eigenvalue weighted by atomic mass is 10.1. The number of benzene rings is 6. The number of hydrogen-bond acceptors (Lipinski definition) is 2. The molecule has 0 aliphatic carbocycles. The molecule has 0 atom stereocenters. The van der Waals surface area contributed by atoms with Crippen LogP contribution in [0.15, 0.2) is 168 Å². The van der Waals surface area contributed by atoms with Crippen LogP contribution in [0.25, 0.3) is 65.9 Å². The van der Waals surface area contributed by atoms with Gasteiger partial charge in [-0.25, -0.2) is 0 Å². The lowest BCUT2D eigenvalue weighted by Gasteiger charge is -2.11. The molecule has 4 heterocycles. The number of aliphatic imine (C=N–C) groups is 1. The van der Waals surface area contributed by atoms with Gasteiger partial charge in [-0.3, -0.25) is 4.99 Å². The number of thiophene rings is 1. The van der Waals surface area contributed by atoms with Gasteiger partial charge in [0.1, 0.15) is 0 Å². The Hall–Kier alpha value is -6.17. The van der Waals surface area contributed by atoms with E-state index >= 15 is 0 Å². The maximum absolute atomic E-state index is 4.18. The van der Waals surface area contributed by atoms with Gasteiger partial charge < -0.3 is 13.7 Å². The lowest BCUT2D eigenvalue weighted by molar-refractivity contribution is 1.02. The van der Waals surface area contributed by atoms with Gasteiger partial charge in [-0.05, 0) is 72.3 Å². The van der Waals surface area contributed by atoms with Crippen molar-refractivity contribution in [2.45, 2.75) is 6.42 Å². The predicted molar refractivity (Wildman–Crippen MR) is 214 cm³/mol. The summed E-state index contributed by atoms with van der Waals surface area (Å²) in [5.74, 6) is 0. The Kier molecular flexibility index (Phi) is 7.41. The van der Waals surface area contributed by atoms with Crippen molar-refractivity contribution in [1.29, 1.82) is 0 Å². The Balaban J connectivity index is 0.000000136. The fourth-order valence-electron chi connectivity index (χ4n) is 7.57. The second-order valence-electron chi connectivity index (χ2n) is 12.6. The third kappa shape index (κ3) is 4.86. The van der Waals surface area contributed by atoms with Gasteiger partial charge in [0.05, 0.1) is 27.8 Å². The monoisotopic (exact) mass is 662 g/mol. The largest absolute Gasteiger partial charge is 0.343 e. The Morgan fingerprint density at radius 3 is 1.94 bits per heavy atom. The fourth-order valence-corrected chi connectivity index (χ4v) is 8.42. The quantitative estimate of drug-likeness (QED) is 0.164. The van der Waals surface area contributed by atoms with Crippen LogP contribution < -0.4 is 0 Å². The molecule has 5 heteroatoms. The van der Waals surface area contributed by atoms with E-state index < -0.39 is 0 Å². The van der Waals surface area contributed by atoms with Crippen LogP contribution in [-0.4, -0.2) is 20.4 Å². The van der Waals surface area contributed by atoms with E-state index in [0.717, 1.165) is 12.1 Å². The van der Waals surface area contributed by atoms with E-state index in [4.69, 9.17) is 0 Å². The average molecular weight is 663 g/mol. The summed E-state index contributed by atoms with van der Waals surface area (Å²) in [6, 6.07) is 53.7. The van der Waals surface area contributed by atoms with E-state index in [0.29, 0.717) is 0 Å². The first-order valence-electron chi connectivity index (χ1n) is 16.8. The van der Waals surface area contributed by atoms with Gasteiger partial charge in [0.15, 0.2) is 0 Å². The number of nitrogens with zero attached hydrogens (tertiary/aromatic N) is 4. The van der Waals surface area contributed by atoms with E-state index in [-0.39, 0.29) is 0 Å². The van der Waals surface area contributed by atoms with Gasteiger partial charge in [0, 0.05) is 68.4 Å². The van der Waals surface area contributed by atoms with E-state index in [9.17, 15) is 0 Å². The molecule has 0 aliphatic rings. The summed E-state index contributed by atoms with van der Waals surface area (Å²) in [5, 5.41) is 8.60. The molecule has 0 bridgehead atoms. The van der Waals surface area contributed by atoms with Crippen molar-refractivity contribution in [3.63, 3.8) is 0 Å². The van der Waals surface area contributed by atoms with Crippen molar-refractivity contribution in [1.82, 2.24) is 13.7 Å². The van der Waals surface area contributed by atoms with Crippen molar-refractivity contribution >= 4 is 78.3 Å². The second kappa shape index (κ2) is 12.4. The topological polar surface area (TPSA) is 27.1 Å².